The fraction of sp³-hybridized carbons (Fsp3) is 1.00. The minimum Gasteiger partial charge on any atom is -0.374 e. The lowest BCUT2D eigenvalue weighted by Gasteiger charge is -2.37. The van der Waals surface area contributed by atoms with Gasteiger partial charge in [0.2, 0.25) is 0 Å². The summed E-state index contributed by atoms with van der Waals surface area (Å²) in [6, 6.07) is 0. The molecule has 1 aliphatic heterocycles. The van der Waals surface area contributed by atoms with Gasteiger partial charge >= 0.3 is 0 Å². The SMILES string of the molecule is CNCC1CN(CC2CCCC(C)C2)CCO1. The predicted octanol–water partition coefficient (Wildman–Crippen LogP) is 1.73. The van der Waals surface area contributed by atoms with E-state index in [2.05, 4.69) is 17.1 Å². The maximum absolute atomic E-state index is 5.75. The number of likely N-dealkylation sites (N-methyl/N-ethyl adjacent to an activating group) is 1. The number of nitrogens with zero attached hydrogens (tertiary/aromatic N) is 1. The van der Waals surface area contributed by atoms with Crippen molar-refractivity contribution in [2.75, 3.05) is 39.8 Å². The van der Waals surface area contributed by atoms with E-state index in [0.29, 0.717) is 6.10 Å². The van der Waals surface area contributed by atoms with E-state index in [9.17, 15) is 0 Å². The van der Waals surface area contributed by atoms with Gasteiger partial charge in [0.15, 0.2) is 0 Å². The van der Waals surface area contributed by atoms with Crippen molar-refractivity contribution >= 4 is 0 Å². The monoisotopic (exact) mass is 240 g/mol. The van der Waals surface area contributed by atoms with Crippen LogP contribution >= 0.6 is 0 Å². The van der Waals surface area contributed by atoms with Gasteiger partial charge in [-0.2, -0.15) is 0 Å². The van der Waals surface area contributed by atoms with E-state index >= 15 is 0 Å². The van der Waals surface area contributed by atoms with E-state index in [0.717, 1.165) is 38.1 Å². The van der Waals surface area contributed by atoms with Crippen molar-refractivity contribution in [1.82, 2.24) is 10.2 Å². The quantitative estimate of drug-likeness (QED) is 0.810. The summed E-state index contributed by atoms with van der Waals surface area (Å²) in [5.74, 6) is 1.88. The van der Waals surface area contributed by atoms with Crippen LogP contribution < -0.4 is 5.32 Å². The largest absolute Gasteiger partial charge is 0.374 e. The molecular formula is C14H28N2O. The van der Waals surface area contributed by atoms with Gasteiger partial charge in [-0.05, 0) is 31.7 Å². The second kappa shape index (κ2) is 6.72. The van der Waals surface area contributed by atoms with Crippen LogP contribution in [0.5, 0.6) is 0 Å². The highest BCUT2D eigenvalue weighted by Crippen LogP contribution is 2.29. The maximum Gasteiger partial charge on any atom is 0.0826 e. The van der Waals surface area contributed by atoms with E-state index in [1.54, 1.807) is 0 Å². The van der Waals surface area contributed by atoms with E-state index in [1.807, 2.05) is 7.05 Å². The Balaban J connectivity index is 1.74. The average molecular weight is 240 g/mol. The number of nitrogens with one attached hydrogen (secondary N) is 1. The highest BCUT2D eigenvalue weighted by Gasteiger charge is 2.25. The van der Waals surface area contributed by atoms with E-state index in [1.165, 1.54) is 32.2 Å². The molecule has 3 atom stereocenters. The van der Waals surface area contributed by atoms with Crippen molar-refractivity contribution in [2.24, 2.45) is 11.8 Å². The van der Waals surface area contributed by atoms with Crippen molar-refractivity contribution in [3.8, 4) is 0 Å². The number of morpholine rings is 1. The van der Waals surface area contributed by atoms with Gasteiger partial charge in [-0.25, -0.2) is 0 Å². The van der Waals surface area contributed by atoms with E-state index in [4.69, 9.17) is 4.74 Å². The third kappa shape index (κ3) is 4.23. The molecule has 2 fully saturated rings. The number of hydrogen-bond acceptors (Lipinski definition) is 3. The molecule has 2 rings (SSSR count). The molecule has 1 aliphatic carbocycles. The van der Waals surface area contributed by atoms with Crippen LogP contribution in [-0.2, 0) is 4.74 Å². The van der Waals surface area contributed by atoms with Gasteiger partial charge in [0, 0.05) is 26.2 Å². The van der Waals surface area contributed by atoms with E-state index in [-0.39, 0.29) is 0 Å². The van der Waals surface area contributed by atoms with Crippen LogP contribution in [0.15, 0.2) is 0 Å². The normalized spacial score (nSPS) is 36.0. The first-order chi connectivity index (χ1) is 8.28. The average Bonchev–Trinajstić information content (AvgIpc) is 2.30. The van der Waals surface area contributed by atoms with Crippen molar-refractivity contribution in [3.63, 3.8) is 0 Å². The fourth-order valence-corrected chi connectivity index (χ4v) is 3.39. The minimum atomic E-state index is 0.398. The van der Waals surface area contributed by atoms with Crippen LogP contribution in [0, 0.1) is 11.8 Å². The Morgan fingerprint density at radius 3 is 3.00 bits per heavy atom. The van der Waals surface area contributed by atoms with Gasteiger partial charge in [0.1, 0.15) is 0 Å². The third-order valence-corrected chi connectivity index (χ3v) is 4.22. The van der Waals surface area contributed by atoms with Gasteiger partial charge in [-0.1, -0.05) is 19.8 Å². The molecule has 0 aromatic carbocycles. The smallest absolute Gasteiger partial charge is 0.0826 e. The fourth-order valence-electron chi connectivity index (χ4n) is 3.39. The molecule has 0 aromatic heterocycles. The number of hydrogen-bond donors (Lipinski definition) is 1. The van der Waals surface area contributed by atoms with Gasteiger partial charge in [0.25, 0.3) is 0 Å². The summed E-state index contributed by atoms with van der Waals surface area (Å²) >= 11 is 0. The summed E-state index contributed by atoms with van der Waals surface area (Å²) in [6.45, 7) is 7.85. The predicted molar refractivity (Wildman–Crippen MR) is 71.2 cm³/mol. The Morgan fingerprint density at radius 2 is 2.24 bits per heavy atom. The highest BCUT2D eigenvalue weighted by atomic mass is 16.5. The lowest BCUT2D eigenvalue weighted by atomic mass is 9.82. The molecule has 0 spiro atoms. The lowest BCUT2D eigenvalue weighted by Crippen LogP contribution is -2.47. The maximum atomic E-state index is 5.75. The Morgan fingerprint density at radius 1 is 1.35 bits per heavy atom. The zero-order valence-electron chi connectivity index (χ0n) is 11.5. The molecule has 0 radical (unpaired) electrons. The van der Waals surface area contributed by atoms with Gasteiger partial charge < -0.3 is 10.1 Å². The summed E-state index contributed by atoms with van der Waals surface area (Å²) in [4.78, 5) is 2.62. The van der Waals surface area contributed by atoms with Crippen LogP contribution in [0.3, 0.4) is 0 Å². The Bertz CT molecular complexity index is 220. The van der Waals surface area contributed by atoms with Crippen LogP contribution in [0.2, 0.25) is 0 Å². The molecule has 0 aromatic rings. The lowest BCUT2D eigenvalue weighted by molar-refractivity contribution is -0.0330. The van der Waals surface area contributed by atoms with Gasteiger partial charge in [-0.3, -0.25) is 4.90 Å². The van der Waals surface area contributed by atoms with Gasteiger partial charge in [0.05, 0.1) is 12.7 Å². The summed E-state index contributed by atoms with van der Waals surface area (Å²) in [7, 11) is 2.01. The summed E-state index contributed by atoms with van der Waals surface area (Å²) in [5.41, 5.74) is 0. The molecular weight excluding hydrogens is 212 g/mol. The summed E-state index contributed by atoms with van der Waals surface area (Å²) < 4.78 is 5.75. The second-order valence-electron chi connectivity index (χ2n) is 5.95. The van der Waals surface area contributed by atoms with Crippen molar-refractivity contribution in [2.45, 2.75) is 38.7 Å². The van der Waals surface area contributed by atoms with Crippen LogP contribution in [0.1, 0.15) is 32.6 Å². The molecule has 3 unspecified atom stereocenters. The second-order valence-corrected chi connectivity index (χ2v) is 5.95. The van der Waals surface area contributed by atoms with Crippen molar-refractivity contribution in [3.05, 3.63) is 0 Å². The number of ether oxygens (including phenoxy) is 1. The highest BCUT2D eigenvalue weighted by molar-refractivity contribution is 4.78. The molecule has 1 saturated heterocycles. The van der Waals surface area contributed by atoms with Crippen molar-refractivity contribution < 1.29 is 4.74 Å². The van der Waals surface area contributed by atoms with Crippen molar-refractivity contribution in [1.29, 1.82) is 0 Å². The van der Waals surface area contributed by atoms with Crippen LogP contribution in [-0.4, -0.2) is 50.8 Å². The molecule has 2 aliphatic rings. The standard InChI is InChI=1S/C14H28N2O/c1-12-4-3-5-13(8-12)10-16-6-7-17-14(11-16)9-15-2/h12-15H,3-11H2,1-2H3. The molecule has 3 nitrogen and oxygen atoms in total. The van der Waals surface area contributed by atoms with E-state index < -0.39 is 0 Å². The first kappa shape index (κ1) is 13.3. The minimum absolute atomic E-state index is 0.398. The molecule has 100 valence electrons. The number of rotatable bonds is 4. The molecule has 3 heteroatoms. The first-order valence-electron chi connectivity index (χ1n) is 7.26. The summed E-state index contributed by atoms with van der Waals surface area (Å²) in [5, 5.41) is 3.22. The topological polar surface area (TPSA) is 24.5 Å². The molecule has 0 amide bonds. The molecule has 1 heterocycles. The van der Waals surface area contributed by atoms with Crippen LogP contribution in [0.25, 0.3) is 0 Å². The summed E-state index contributed by atoms with van der Waals surface area (Å²) in [6.07, 6.45) is 6.17. The Labute approximate surface area is 106 Å². The van der Waals surface area contributed by atoms with Crippen LogP contribution in [0.4, 0.5) is 0 Å². The third-order valence-electron chi connectivity index (χ3n) is 4.22. The molecule has 0 bridgehead atoms. The zero-order valence-corrected chi connectivity index (χ0v) is 11.5. The Kier molecular flexibility index (Phi) is 5.26. The Hall–Kier alpha value is -0.120. The first-order valence-corrected chi connectivity index (χ1v) is 7.26. The van der Waals surface area contributed by atoms with Gasteiger partial charge in [-0.15, -0.1) is 0 Å². The molecule has 1 N–H and O–H groups in total. The zero-order chi connectivity index (χ0) is 12.1. The molecule has 1 saturated carbocycles. The molecule has 17 heavy (non-hydrogen) atoms.